The molecule has 2 rings (SSSR count). The third-order valence-corrected chi connectivity index (χ3v) is 5.32. The molecule has 2 aromatic carbocycles. The lowest BCUT2D eigenvalue weighted by atomic mass is 10.1. The predicted molar refractivity (Wildman–Crippen MR) is 131 cm³/mol. The van der Waals surface area contributed by atoms with Gasteiger partial charge >= 0.3 is 0 Å². The van der Waals surface area contributed by atoms with Gasteiger partial charge in [0.25, 0.3) is 11.8 Å². The number of unbranched alkanes of at least 4 members (excludes halogenated alkanes) is 4. The first-order chi connectivity index (χ1) is 16.1. The summed E-state index contributed by atoms with van der Waals surface area (Å²) in [6, 6.07) is 18.9. The first kappa shape index (κ1) is 26.2. The standard InChI is InChI=1S/C27H38N2O4/c1-3-24(32-22-16-10-8-11-17-22)26(30)28-20-14-6-5-7-15-21-29-27(31)25(4-2)33-23-18-12-9-13-19-23/h8-13,16-19,24-25H,3-7,14-15,20-21H2,1-2H3,(H,28,30)(H,29,31). The molecule has 2 N–H and O–H groups in total. The topological polar surface area (TPSA) is 76.7 Å². The van der Waals surface area contributed by atoms with Crippen molar-refractivity contribution < 1.29 is 19.1 Å². The van der Waals surface area contributed by atoms with Crippen LogP contribution in [-0.4, -0.2) is 37.1 Å². The van der Waals surface area contributed by atoms with Gasteiger partial charge in [-0.05, 0) is 49.9 Å². The molecule has 2 unspecified atom stereocenters. The van der Waals surface area contributed by atoms with Gasteiger partial charge in [0.2, 0.25) is 0 Å². The number of carbonyl (C=O) groups excluding carboxylic acids is 2. The zero-order valence-electron chi connectivity index (χ0n) is 19.9. The molecule has 0 saturated heterocycles. The molecule has 0 bridgehead atoms. The van der Waals surface area contributed by atoms with E-state index in [1.54, 1.807) is 0 Å². The van der Waals surface area contributed by atoms with Gasteiger partial charge < -0.3 is 20.1 Å². The molecule has 0 aromatic heterocycles. The summed E-state index contributed by atoms with van der Waals surface area (Å²) >= 11 is 0. The van der Waals surface area contributed by atoms with E-state index in [9.17, 15) is 9.59 Å². The lowest BCUT2D eigenvalue weighted by Gasteiger charge is -2.17. The van der Waals surface area contributed by atoms with Crippen LogP contribution in [0.1, 0.15) is 58.8 Å². The summed E-state index contributed by atoms with van der Waals surface area (Å²) in [5, 5.41) is 5.95. The molecule has 2 atom stereocenters. The van der Waals surface area contributed by atoms with Crippen LogP contribution in [0, 0.1) is 0 Å². The fourth-order valence-corrected chi connectivity index (χ4v) is 3.40. The number of ether oxygens (including phenoxy) is 2. The Hall–Kier alpha value is -3.02. The van der Waals surface area contributed by atoms with Crippen LogP contribution < -0.4 is 20.1 Å². The van der Waals surface area contributed by atoms with Crippen molar-refractivity contribution in [3.8, 4) is 11.5 Å². The van der Waals surface area contributed by atoms with E-state index in [2.05, 4.69) is 10.6 Å². The molecule has 0 aliphatic rings. The number of benzene rings is 2. The maximum atomic E-state index is 12.3. The highest BCUT2D eigenvalue weighted by Gasteiger charge is 2.18. The van der Waals surface area contributed by atoms with E-state index in [4.69, 9.17) is 9.47 Å². The molecule has 0 saturated carbocycles. The summed E-state index contributed by atoms with van der Waals surface area (Å²) in [6.45, 7) is 5.20. The van der Waals surface area contributed by atoms with Crippen molar-refractivity contribution in [3.63, 3.8) is 0 Å². The first-order valence-corrected chi connectivity index (χ1v) is 12.1. The third-order valence-electron chi connectivity index (χ3n) is 5.32. The van der Waals surface area contributed by atoms with Crippen molar-refractivity contribution in [3.05, 3.63) is 60.7 Å². The highest BCUT2D eigenvalue weighted by atomic mass is 16.5. The minimum Gasteiger partial charge on any atom is -0.481 e. The number of carbonyl (C=O) groups is 2. The molecular weight excluding hydrogens is 416 g/mol. The van der Waals surface area contributed by atoms with Crippen LogP contribution in [0.5, 0.6) is 11.5 Å². The van der Waals surface area contributed by atoms with Crippen molar-refractivity contribution in [1.29, 1.82) is 0 Å². The van der Waals surface area contributed by atoms with Gasteiger partial charge in [-0.1, -0.05) is 69.5 Å². The van der Waals surface area contributed by atoms with Crippen molar-refractivity contribution in [2.75, 3.05) is 13.1 Å². The van der Waals surface area contributed by atoms with Gasteiger partial charge in [0.05, 0.1) is 0 Å². The highest BCUT2D eigenvalue weighted by Crippen LogP contribution is 2.13. The molecule has 0 fully saturated rings. The molecule has 0 radical (unpaired) electrons. The fraction of sp³-hybridized carbons (Fsp3) is 0.481. The normalized spacial score (nSPS) is 12.4. The largest absolute Gasteiger partial charge is 0.481 e. The highest BCUT2D eigenvalue weighted by molar-refractivity contribution is 5.81. The second kappa shape index (κ2) is 15.7. The molecule has 0 spiro atoms. The quantitative estimate of drug-likeness (QED) is 0.354. The van der Waals surface area contributed by atoms with Gasteiger partial charge in [-0.15, -0.1) is 0 Å². The van der Waals surface area contributed by atoms with Crippen LogP contribution in [0.3, 0.4) is 0 Å². The number of nitrogens with one attached hydrogen (secondary N) is 2. The number of para-hydroxylation sites is 2. The number of hydrogen-bond donors (Lipinski definition) is 2. The average Bonchev–Trinajstić information content (AvgIpc) is 2.85. The van der Waals surface area contributed by atoms with Crippen LogP contribution in [0.2, 0.25) is 0 Å². The Morgan fingerprint density at radius 2 is 1.00 bits per heavy atom. The van der Waals surface area contributed by atoms with E-state index in [1.165, 1.54) is 0 Å². The summed E-state index contributed by atoms with van der Waals surface area (Å²) in [6.07, 6.45) is 5.34. The number of amides is 2. The lowest BCUT2D eigenvalue weighted by molar-refractivity contribution is -0.128. The summed E-state index contributed by atoms with van der Waals surface area (Å²) in [5.41, 5.74) is 0. The minimum absolute atomic E-state index is 0.0627. The van der Waals surface area contributed by atoms with Crippen LogP contribution in [-0.2, 0) is 9.59 Å². The monoisotopic (exact) mass is 454 g/mol. The van der Waals surface area contributed by atoms with Gasteiger partial charge in [0, 0.05) is 13.1 Å². The Labute approximate surface area is 198 Å². The van der Waals surface area contributed by atoms with E-state index >= 15 is 0 Å². The Bertz CT molecular complexity index is 731. The second-order valence-corrected chi connectivity index (χ2v) is 8.01. The number of hydrogen-bond acceptors (Lipinski definition) is 4. The Morgan fingerprint density at radius 3 is 1.36 bits per heavy atom. The van der Waals surface area contributed by atoms with Crippen molar-refractivity contribution in [1.82, 2.24) is 10.6 Å². The van der Waals surface area contributed by atoms with E-state index < -0.39 is 12.2 Å². The Kier molecular flexibility index (Phi) is 12.5. The van der Waals surface area contributed by atoms with Gasteiger partial charge in [-0.3, -0.25) is 9.59 Å². The van der Waals surface area contributed by atoms with E-state index in [-0.39, 0.29) is 11.8 Å². The van der Waals surface area contributed by atoms with Crippen molar-refractivity contribution in [2.45, 2.75) is 71.0 Å². The summed E-state index contributed by atoms with van der Waals surface area (Å²) < 4.78 is 11.5. The van der Waals surface area contributed by atoms with E-state index in [1.807, 2.05) is 74.5 Å². The molecule has 0 aliphatic carbocycles. The molecule has 6 heteroatoms. The SMILES string of the molecule is CCC(Oc1ccccc1)C(=O)NCCCCCCCNC(=O)C(CC)Oc1ccccc1. The molecule has 33 heavy (non-hydrogen) atoms. The molecule has 2 amide bonds. The smallest absolute Gasteiger partial charge is 0.261 e. The summed E-state index contributed by atoms with van der Waals surface area (Å²) in [7, 11) is 0. The fourth-order valence-electron chi connectivity index (χ4n) is 3.40. The molecule has 2 aromatic rings. The molecular formula is C27H38N2O4. The average molecular weight is 455 g/mol. The molecule has 0 heterocycles. The van der Waals surface area contributed by atoms with Crippen LogP contribution >= 0.6 is 0 Å². The van der Waals surface area contributed by atoms with E-state index in [0.29, 0.717) is 37.4 Å². The Balaban J connectivity index is 1.50. The Morgan fingerprint density at radius 1 is 0.636 bits per heavy atom. The third kappa shape index (κ3) is 10.4. The van der Waals surface area contributed by atoms with Crippen LogP contribution in [0.25, 0.3) is 0 Å². The predicted octanol–water partition coefficient (Wildman–Crippen LogP) is 4.88. The lowest BCUT2D eigenvalue weighted by Crippen LogP contribution is -2.38. The van der Waals surface area contributed by atoms with Crippen molar-refractivity contribution >= 4 is 11.8 Å². The van der Waals surface area contributed by atoms with Crippen LogP contribution in [0.15, 0.2) is 60.7 Å². The maximum absolute atomic E-state index is 12.3. The van der Waals surface area contributed by atoms with E-state index in [0.717, 1.165) is 32.1 Å². The van der Waals surface area contributed by atoms with Crippen LogP contribution in [0.4, 0.5) is 0 Å². The zero-order chi connectivity index (χ0) is 23.7. The second-order valence-electron chi connectivity index (χ2n) is 8.01. The maximum Gasteiger partial charge on any atom is 0.261 e. The molecule has 180 valence electrons. The zero-order valence-corrected chi connectivity index (χ0v) is 19.9. The van der Waals surface area contributed by atoms with Crippen molar-refractivity contribution in [2.24, 2.45) is 0 Å². The summed E-state index contributed by atoms with van der Waals surface area (Å²) in [4.78, 5) is 24.7. The number of rotatable bonds is 16. The first-order valence-electron chi connectivity index (χ1n) is 12.1. The van der Waals surface area contributed by atoms with Gasteiger partial charge in [0.1, 0.15) is 11.5 Å². The molecule has 6 nitrogen and oxygen atoms in total. The van der Waals surface area contributed by atoms with Gasteiger partial charge in [-0.25, -0.2) is 0 Å². The van der Waals surface area contributed by atoms with Gasteiger partial charge in [-0.2, -0.15) is 0 Å². The van der Waals surface area contributed by atoms with Gasteiger partial charge in [0.15, 0.2) is 12.2 Å². The summed E-state index contributed by atoms with van der Waals surface area (Å²) in [5.74, 6) is 1.30. The molecule has 0 aliphatic heterocycles. The minimum atomic E-state index is -0.464.